The molecule has 0 saturated carbocycles. The van der Waals surface area contributed by atoms with Crippen molar-refractivity contribution < 1.29 is 4.74 Å². The van der Waals surface area contributed by atoms with Crippen molar-refractivity contribution in [3.63, 3.8) is 0 Å². The van der Waals surface area contributed by atoms with E-state index in [0.717, 1.165) is 31.0 Å². The SMILES string of the molecule is CCN1CCO[C@@H](CNc2ncnc3nc[nH]c23)[C@@H]1c1cnn(C)c1. The summed E-state index contributed by atoms with van der Waals surface area (Å²) in [5.74, 6) is 0.740. The first kappa shape index (κ1) is 16.0. The zero-order chi connectivity index (χ0) is 17.2. The molecule has 9 heteroatoms. The first-order valence-corrected chi connectivity index (χ1v) is 8.48. The van der Waals surface area contributed by atoms with Crippen LogP contribution in [0.5, 0.6) is 0 Å². The molecule has 4 rings (SSSR count). The second-order valence-corrected chi connectivity index (χ2v) is 6.13. The Morgan fingerprint density at radius 3 is 3.08 bits per heavy atom. The third kappa shape index (κ3) is 3.08. The molecule has 0 bridgehead atoms. The quantitative estimate of drug-likeness (QED) is 0.713. The van der Waals surface area contributed by atoms with Crippen LogP contribution in [0.25, 0.3) is 11.2 Å². The van der Waals surface area contributed by atoms with Gasteiger partial charge in [-0.05, 0) is 6.54 Å². The van der Waals surface area contributed by atoms with Gasteiger partial charge in [-0.25, -0.2) is 15.0 Å². The van der Waals surface area contributed by atoms with E-state index in [4.69, 9.17) is 4.74 Å². The number of fused-ring (bicyclic) bond motifs is 1. The molecule has 0 radical (unpaired) electrons. The number of H-pyrrole nitrogens is 1. The lowest BCUT2D eigenvalue weighted by atomic mass is 10.0. The maximum Gasteiger partial charge on any atom is 0.182 e. The molecule has 9 nitrogen and oxygen atoms in total. The lowest BCUT2D eigenvalue weighted by molar-refractivity contribution is -0.0639. The molecular weight excluding hydrogens is 320 g/mol. The van der Waals surface area contributed by atoms with Crippen LogP contribution in [0.15, 0.2) is 25.0 Å². The molecule has 0 unspecified atom stereocenters. The summed E-state index contributed by atoms with van der Waals surface area (Å²) in [5, 5.41) is 7.72. The minimum atomic E-state index is 0.00540. The fourth-order valence-electron chi connectivity index (χ4n) is 3.43. The van der Waals surface area contributed by atoms with Crippen molar-refractivity contribution in [2.45, 2.75) is 19.1 Å². The van der Waals surface area contributed by atoms with Gasteiger partial charge in [0, 0.05) is 31.9 Å². The highest BCUT2D eigenvalue weighted by Crippen LogP contribution is 2.29. The van der Waals surface area contributed by atoms with Crippen LogP contribution in [0.4, 0.5) is 5.82 Å². The molecule has 1 fully saturated rings. The summed E-state index contributed by atoms with van der Waals surface area (Å²) in [4.78, 5) is 18.1. The van der Waals surface area contributed by atoms with Crippen LogP contribution < -0.4 is 5.32 Å². The Morgan fingerprint density at radius 1 is 1.36 bits per heavy atom. The third-order valence-corrected chi connectivity index (χ3v) is 4.62. The predicted molar refractivity (Wildman–Crippen MR) is 93.1 cm³/mol. The van der Waals surface area contributed by atoms with Gasteiger partial charge in [0.15, 0.2) is 11.5 Å². The minimum Gasteiger partial charge on any atom is -0.373 e. The molecule has 0 amide bonds. The fraction of sp³-hybridized carbons (Fsp3) is 0.500. The molecule has 0 spiro atoms. The van der Waals surface area contributed by atoms with Crippen LogP contribution in [-0.4, -0.2) is 67.0 Å². The number of morpholine rings is 1. The van der Waals surface area contributed by atoms with E-state index in [1.807, 2.05) is 17.9 Å². The van der Waals surface area contributed by atoms with Gasteiger partial charge in [0.05, 0.1) is 31.3 Å². The third-order valence-electron chi connectivity index (χ3n) is 4.62. The van der Waals surface area contributed by atoms with Crippen LogP contribution in [0.2, 0.25) is 0 Å². The van der Waals surface area contributed by atoms with Crippen molar-refractivity contribution in [3.05, 3.63) is 30.6 Å². The number of nitrogens with zero attached hydrogens (tertiary/aromatic N) is 6. The molecule has 1 aliphatic heterocycles. The van der Waals surface area contributed by atoms with Crippen LogP contribution in [0.1, 0.15) is 18.5 Å². The number of aromatic nitrogens is 6. The van der Waals surface area contributed by atoms with E-state index >= 15 is 0 Å². The molecular formula is C16H22N8O. The molecule has 0 aliphatic carbocycles. The topological polar surface area (TPSA) is 96.8 Å². The highest BCUT2D eigenvalue weighted by Gasteiger charge is 2.33. The molecule has 4 heterocycles. The van der Waals surface area contributed by atoms with Gasteiger partial charge >= 0.3 is 0 Å². The Bertz CT molecular complexity index is 843. The number of hydrogen-bond donors (Lipinski definition) is 2. The van der Waals surface area contributed by atoms with E-state index in [9.17, 15) is 0 Å². The number of likely N-dealkylation sites (N-methyl/N-ethyl adjacent to an activating group) is 1. The standard InChI is InChI=1S/C16H22N8O/c1-3-24-4-5-25-12(14(24)11-6-22-23(2)8-11)7-17-15-13-16(19-9-18-13)21-10-20-15/h6,8-10,12,14H,3-5,7H2,1-2H3,(H2,17,18,19,20,21)/t12-,14-/m0/s1. The largest absolute Gasteiger partial charge is 0.373 e. The van der Waals surface area contributed by atoms with Gasteiger partial charge in [0.2, 0.25) is 0 Å². The van der Waals surface area contributed by atoms with Crippen LogP contribution in [0, 0.1) is 0 Å². The Hall–Kier alpha value is -2.52. The molecule has 3 aromatic heterocycles. The van der Waals surface area contributed by atoms with Crippen molar-refractivity contribution in [2.24, 2.45) is 7.05 Å². The number of hydrogen-bond acceptors (Lipinski definition) is 7. The maximum atomic E-state index is 6.09. The normalized spacial score (nSPS) is 21.7. The smallest absolute Gasteiger partial charge is 0.182 e. The van der Waals surface area contributed by atoms with E-state index in [1.54, 1.807) is 6.33 Å². The Morgan fingerprint density at radius 2 is 2.28 bits per heavy atom. The van der Waals surface area contributed by atoms with Crippen molar-refractivity contribution in [3.8, 4) is 0 Å². The fourth-order valence-corrected chi connectivity index (χ4v) is 3.43. The number of aryl methyl sites for hydroxylation is 1. The molecule has 25 heavy (non-hydrogen) atoms. The number of rotatable bonds is 5. The summed E-state index contributed by atoms with van der Waals surface area (Å²) in [6.07, 6.45) is 7.13. The van der Waals surface area contributed by atoms with Gasteiger partial charge in [-0.2, -0.15) is 5.10 Å². The Balaban J connectivity index is 1.55. The summed E-state index contributed by atoms with van der Waals surface area (Å²) < 4.78 is 7.93. The van der Waals surface area contributed by atoms with Crippen molar-refractivity contribution in [1.29, 1.82) is 0 Å². The van der Waals surface area contributed by atoms with E-state index in [1.165, 1.54) is 11.9 Å². The van der Waals surface area contributed by atoms with Crippen molar-refractivity contribution in [1.82, 2.24) is 34.6 Å². The average molecular weight is 342 g/mol. The van der Waals surface area contributed by atoms with Gasteiger partial charge in [-0.1, -0.05) is 6.92 Å². The van der Waals surface area contributed by atoms with E-state index in [-0.39, 0.29) is 12.1 Å². The lowest BCUT2D eigenvalue weighted by Crippen LogP contribution is -2.47. The highest BCUT2D eigenvalue weighted by atomic mass is 16.5. The average Bonchev–Trinajstić information content (AvgIpc) is 3.28. The molecule has 3 aromatic rings. The minimum absolute atomic E-state index is 0.00540. The van der Waals surface area contributed by atoms with Crippen LogP contribution in [0.3, 0.4) is 0 Å². The maximum absolute atomic E-state index is 6.09. The van der Waals surface area contributed by atoms with Gasteiger partial charge in [-0.3, -0.25) is 9.58 Å². The highest BCUT2D eigenvalue weighted by molar-refractivity contribution is 5.81. The molecule has 0 aromatic carbocycles. The second kappa shape index (κ2) is 6.77. The first-order valence-electron chi connectivity index (χ1n) is 8.48. The predicted octanol–water partition coefficient (Wildman–Crippen LogP) is 0.960. The van der Waals surface area contributed by atoms with Crippen LogP contribution >= 0.6 is 0 Å². The summed E-state index contributed by atoms with van der Waals surface area (Å²) in [5.41, 5.74) is 2.63. The van der Waals surface area contributed by atoms with E-state index in [0.29, 0.717) is 12.2 Å². The number of aromatic amines is 1. The van der Waals surface area contributed by atoms with Crippen LogP contribution in [-0.2, 0) is 11.8 Å². The summed E-state index contributed by atoms with van der Waals surface area (Å²) in [6, 6.07) is 0.166. The Kier molecular flexibility index (Phi) is 4.33. The Labute approximate surface area is 145 Å². The monoisotopic (exact) mass is 342 g/mol. The van der Waals surface area contributed by atoms with E-state index in [2.05, 4.69) is 48.4 Å². The molecule has 1 saturated heterocycles. The number of imidazole rings is 1. The zero-order valence-corrected chi connectivity index (χ0v) is 14.4. The number of anilines is 1. The molecule has 1 aliphatic rings. The summed E-state index contributed by atoms with van der Waals surface area (Å²) >= 11 is 0. The van der Waals surface area contributed by atoms with Crippen molar-refractivity contribution in [2.75, 3.05) is 31.6 Å². The van der Waals surface area contributed by atoms with Gasteiger partial charge < -0.3 is 15.0 Å². The molecule has 132 valence electrons. The van der Waals surface area contributed by atoms with Crippen molar-refractivity contribution >= 4 is 17.0 Å². The zero-order valence-electron chi connectivity index (χ0n) is 14.4. The van der Waals surface area contributed by atoms with E-state index < -0.39 is 0 Å². The number of ether oxygens (including phenoxy) is 1. The summed E-state index contributed by atoms with van der Waals surface area (Å²) in [7, 11) is 1.94. The molecule has 2 atom stereocenters. The number of nitrogens with one attached hydrogen (secondary N) is 2. The van der Waals surface area contributed by atoms with Gasteiger partial charge in [0.25, 0.3) is 0 Å². The first-order chi connectivity index (χ1) is 12.3. The van der Waals surface area contributed by atoms with Gasteiger partial charge in [0.1, 0.15) is 11.8 Å². The van der Waals surface area contributed by atoms with Gasteiger partial charge in [-0.15, -0.1) is 0 Å². The molecule has 2 N–H and O–H groups in total. The summed E-state index contributed by atoms with van der Waals surface area (Å²) in [6.45, 7) is 5.43. The lowest BCUT2D eigenvalue weighted by Gasteiger charge is -2.40. The second-order valence-electron chi connectivity index (χ2n) is 6.13.